The monoisotopic (exact) mass is 242 g/mol. The van der Waals surface area contributed by atoms with E-state index in [-0.39, 0.29) is 6.61 Å². The van der Waals surface area contributed by atoms with Crippen molar-refractivity contribution in [1.29, 1.82) is 0 Å². The summed E-state index contributed by atoms with van der Waals surface area (Å²) in [4.78, 5) is 8.87. The van der Waals surface area contributed by atoms with Crippen LogP contribution in [0.3, 0.4) is 0 Å². The second-order valence-electron chi connectivity index (χ2n) is 3.69. The van der Waals surface area contributed by atoms with Gasteiger partial charge in [-0.2, -0.15) is 0 Å². The van der Waals surface area contributed by atoms with Gasteiger partial charge in [0.15, 0.2) is 0 Å². The summed E-state index contributed by atoms with van der Waals surface area (Å²) in [5, 5.41) is 12.8. The van der Waals surface area contributed by atoms with E-state index in [1.165, 1.54) is 11.3 Å². The maximum atomic E-state index is 8.99. The molecule has 2 heterocycles. The average Bonchev–Trinajstić information content (AvgIpc) is 2.87. The molecule has 0 bridgehead atoms. The molecule has 0 fully saturated rings. The predicted octanol–water partition coefficient (Wildman–Crippen LogP) is 2.85. The molecule has 0 amide bonds. The lowest BCUT2D eigenvalue weighted by Gasteiger charge is -1.99. The third-order valence-corrected chi connectivity index (χ3v) is 3.44. The number of benzene rings is 1. The summed E-state index contributed by atoms with van der Waals surface area (Å²) in [6.45, 7) is -0.0237. The Kier molecular flexibility index (Phi) is 2.59. The van der Waals surface area contributed by atoms with Crippen molar-refractivity contribution in [1.82, 2.24) is 9.97 Å². The smallest absolute Gasteiger partial charge is 0.142 e. The van der Waals surface area contributed by atoms with E-state index >= 15 is 0 Å². The number of fused-ring (bicyclic) bond motifs is 1. The quantitative estimate of drug-likeness (QED) is 0.751. The fourth-order valence-corrected chi connectivity index (χ4v) is 2.46. The van der Waals surface area contributed by atoms with Crippen LogP contribution in [0.1, 0.15) is 5.69 Å². The fourth-order valence-electron chi connectivity index (χ4n) is 1.68. The summed E-state index contributed by atoms with van der Waals surface area (Å²) < 4.78 is 0. The normalized spacial score (nSPS) is 10.9. The molecule has 0 aliphatic carbocycles. The van der Waals surface area contributed by atoms with Gasteiger partial charge in [0.25, 0.3) is 0 Å². The van der Waals surface area contributed by atoms with E-state index in [1.807, 2.05) is 41.8 Å². The van der Waals surface area contributed by atoms with Gasteiger partial charge in [-0.05, 0) is 12.1 Å². The number of hydrogen-bond donors (Lipinski definition) is 1. The number of aromatic nitrogens is 2. The first-order chi connectivity index (χ1) is 8.36. The summed E-state index contributed by atoms with van der Waals surface area (Å²) in [7, 11) is 0. The van der Waals surface area contributed by atoms with E-state index in [0.29, 0.717) is 5.69 Å². The van der Waals surface area contributed by atoms with Crippen molar-refractivity contribution in [2.45, 2.75) is 6.61 Å². The molecule has 0 saturated carbocycles. The third-order valence-electron chi connectivity index (χ3n) is 2.53. The molecule has 0 unspecified atom stereocenters. The van der Waals surface area contributed by atoms with E-state index in [2.05, 4.69) is 9.97 Å². The van der Waals surface area contributed by atoms with E-state index in [4.69, 9.17) is 5.11 Å². The Labute approximate surface area is 102 Å². The second kappa shape index (κ2) is 4.24. The highest BCUT2D eigenvalue weighted by atomic mass is 32.1. The van der Waals surface area contributed by atoms with Gasteiger partial charge in [-0.3, -0.25) is 0 Å². The lowest BCUT2D eigenvalue weighted by molar-refractivity contribution is 0.278. The zero-order valence-corrected chi connectivity index (χ0v) is 9.81. The van der Waals surface area contributed by atoms with Gasteiger partial charge >= 0.3 is 0 Å². The fraction of sp³-hybridized carbons (Fsp3) is 0.0769. The number of aliphatic hydroxyl groups is 1. The molecule has 0 aliphatic rings. The molecular weight excluding hydrogens is 232 g/mol. The molecule has 0 spiro atoms. The Morgan fingerprint density at radius 2 is 1.94 bits per heavy atom. The number of para-hydroxylation sites is 1. The summed E-state index contributed by atoms with van der Waals surface area (Å²) >= 11 is 1.50. The van der Waals surface area contributed by atoms with E-state index in [0.717, 1.165) is 21.6 Å². The van der Waals surface area contributed by atoms with Gasteiger partial charge in [0, 0.05) is 10.8 Å². The summed E-state index contributed by atoms with van der Waals surface area (Å²) in [6, 6.07) is 12.0. The number of hydrogen-bond acceptors (Lipinski definition) is 4. The molecule has 1 N–H and O–H groups in total. The van der Waals surface area contributed by atoms with Crippen LogP contribution in [0.4, 0.5) is 0 Å². The van der Waals surface area contributed by atoms with Gasteiger partial charge < -0.3 is 5.11 Å². The highest BCUT2D eigenvalue weighted by Crippen LogP contribution is 2.24. The van der Waals surface area contributed by atoms with Crippen LogP contribution in [-0.4, -0.2) is 15.1 Å². The molecule has 3 nitrogen and oxygen atoms in total. The van der Waals surface area contributed by atoms with Crippen molar-refractivity contribution in [2.24, 2.45) is 0 Å². The average molecular weight is 242 g/mol. The van der Waals surface area contributed by atoms with Gasteiger partial charge in [-0.25, -0.2) is 9.97 Å². The van der Waals surface area contributed by atoms with Gasteiger partial charge in [-0.15, -0.1) is 11.3 Å². The van der Waals surface area contributed by atoms with Crippen molar-refractivity contribution in [3.63, 3.8) is 0 Å². The molecule has 1 aromatic carbocycles. The Hall–Kier alpha value is -1.78. The van der Waals surface area contributed by atoms with E-state index < -0.39 is 0 Å². The van der Waals surface area contributed by atoms with Crippen molar-refractivity contribution < 1.29 is 5.11 Å². The maximum Gasteiger partial charge on any atom is 0.142 e. The predicted molar refractivity (Wildman–Crippen MR) is 68.8 cm³/mol. The van der Waals surface area contributed by atoms with Crippen LogP contribution in [0.5, 0.6) is 0 Å². The van der Waals surface area contributed by atoms with Crippen molar-refractivity contribution in [3.05, 3.63) is 47.5 Å². The van der Waals surface area contributed by atoms with Crippen LogP contribution >= 0.6 is 11.3 Å². The molecule has 0 atom stereocenters. The number of aliphatic hydroxyl groups excluding tert-OH is 1. The maximum absolute atomic E-state index is 8.99. The van der Waals surface area contributed by atoms with Crippen LogP contribution in [-0.2, 0) is 6.61 Å². The minimum absolute atomic E-state index is 0.0237. The zero-order valence-electron chi connectivity index (χ0n) is 9.00. The lowest BCUT2D eigenvalue weighted by Crippen LogP contribution is -1.86. The molecule has 0 radical (unpaired) electrons. The molecule has 17 heavy (non-hydrogen) atoms. The van der Waals surface area contributed by atoms with Crippen LogP contribution in [0.25, 0.3) is 21.6 Å². The van der Waals surface area contributed by atoms with Crippen LogP contribution < -0.4 is 0 Å². The van der Waals surface area contributed by atoms with Gasteiger partial charge in [0.2, 0.25) is 0 Å². The Bertz CT molecular complexity index is 663. The minimum Gasteiger partial charge on any atom is -0.390 e. The molecule has 0 saturated heterocycles. The topological polar surface area (TPSA) is 46.0 Å². The molecule has 3 aromatic rings. The molecule has 4 heteroatoms. The Balaban J connectivity index is 2.11. The van der Waals surface area contributed by atoms with Crippen LogP contribution in [0.2, 0.25) is 0 Å². The first-order valence-electron chi connectivity index (χ1n) is 5.28. The third kappa shape index (κ3) is 1.92. The largest absolute Gasteiger partial charge is 0.390 e. The van der Waals surface area contributed by atoms with Crippen molar-refractivity contribution >= 4 is 22.2 Å². The second-order valence-corrected chi connectivity index (χ2v) is 4.55. The Morgan fingerprint density at radius 1 is 1.06 bits per heavy atom. The molecule has 3 rings (SSSR count). The molecule has 84 valence electrons. The number of nitrogens with zero attached hydrogens (tertiary/aromatic N) is 2. The van der Waals surface area contributed by atoms with E-state index in [9.17, 15) is 0 Å². The minimum atomic E-state index is -0.0237. The summed E-state index contributed by atoms with van der Waals surface area (Å²) in [6.07, 6.45) is 0. The molecular formula is C13H10N2OS. The van der Waals surface area contributed by atoms with E-state index in [1.54, 1.807) is 0 Å². The highest BCUT2D eigenvalue weighted by molar-refractivity contribution is 7.13. The summed E-state index contributed by atoms with van der Waals surface area (Å²) in [5.74, 6) is 0. The van der Waals surface area contributed by atoms with Crippen LogP contribution in [0.15, 0.2) is 41.8 Å². The molecule has 0 aliphatic heterocycles. The standard InChI is InChI=1S/C13H10N2OS/c16-7-10-8-17-13(14-10)12-6-5-9-3-1-2-4-11(9)15-12/h1-6,8,16H,7H2. The number of thiazole rings is 1. The molecule has 2 aromatic heterocycles. The highest BCUT2D eigenvalue weighted by Gasteiger charge is 2.06. The number of rotatable bonds is 2. The van der Waals surface area contributed by atoms with Gasteiger partial charge in [0.05, 0.1) is 23.5 Å². The van der Waals surface area contributed by atoms with Crippen molar-refractivity contribution in [3.8, 4) is 10.7 Å². The van der Waals surface area contributed by atoms with Crippen molar-refractivity contribution in [2.75, 3.05) is 0 Å². The zero-order chi connectivity index (χ0) is 11.7. The Morgan fingerprint density at radius 3 is 2.76 bits per heavy atom. The van der Waals surface area contributed by atoms with Gasteiger partial charge in [-0.1, -0.05) is 24.3 Å². The van der Waals surface area contributed by atoms with Crippen LogP contribution in [0, 0.1) is 0 Å². The first-order valence-corrected chi connectivity index (χ1v) is 6.16. The number of pyridine rings is 1. The van der Waals surface area contributed by atoms with Gasteiger partial charge in [0.1, 0.15) is 5.01 Å². The lowest BCUT2D eigenvalue weighted by atomic mass is 10.2. The summed E-state index contributed by atoms with van der Waals surface area (Å²) in [5.41, 5.74) is 2.51. The SMILES string of the molecule is OCc1csc(-c2ccc3ccccc3n2)n1. The first kappa shape index (κ1) is 10.4.